The number of benzene rings is 9. The summed E-state index contributed by atoms with van der Waals surface area (Å²) in [4.78, 5) is 5.11. The third-order valence-electron chi connectivity index (χ3n) is 13.0. The van der Waals surface area contributed by atoms with Crippen LogP contribution in [0.3, 0.4) is 0 Å². The van der Waals surface area contributed by atoms with Crippen LogP contribution in [0.2, 0.25) is 0 Å². The Hall–Kier alpha value is -6.90. The summed E-state index contributed by atoms with van der Waals surface area (Å²) < 4.78 is 0. The molecule has 2 heteroatoms. The molecule has 0 saturated heterocycles. The Morgan fingerprint density at radius 2 is 0.552 bits per heavy atom. The molecule has 0 spiro atoms. The van der Waals surface area contributed by atoms with E-state index < -0.39 is 0 Å². The molecule has 2 heterocycles. The van der Waals surface area contributed by atoms with Gasteiger partial charge in [0.2, 0.25) is 0 Å². The summed E-state index contributed by atoms with van der Waals surface area (Å²) in [5.74, 6) is 0. The van der Waals surface area contributed by atoms with Gasteiger partial charge in [-0.05, 0) is 91.7 Å². The standard InChI is InChI=1S/C56H44N2/c1-55(2)41-27-13-17-31-45(41)57(46-32-18-14-28-42(46)55)49-35-36-50(58-47-33-19-15-29-43(47)56(3,4)44-30-16-20-34-48(44)58)54-52(38-23-9-6-10-24-38)40-26-12-11-25-39(40)51(53(49)54)37-21-7-5-8-22-37/h5-36H,1-4H3. The van der Waals surface area contributed by atoms with Crippen molar-refractivity contribution in [3.8, 4) is 22.3 Å². The van der Waals surface area contributed by atoms with E-state index in [2.05, 4.69) is 232 Å². The number of para-hydroxylation sites is 4. The first-order valence-corrected chi connectivity index (χ1v) is 20.5. The van der Waals surface area contributed by atoms with Gasteiger partial charge in [-0.15, -0.1) is 0 Å². The van der Waals surface area contributed by atoms with Gasteiger partial charge < -0.3 is 9.80 Å². The van der Waals surface area contributed by atoms with Crippen LogP contribution in [0.4, 0.5) is 34.1 Å². The third kappa shape index (κ3) is 4.85. The molecule has 58 heavy (non-hydrogen) atoms. The molecule has 0 aliphatic carbocycles. The summed E-state index contributed by atoms with van der Waals surface area (Å²) in [6.07, 6.45) is 0. The van der Waals surface area contributed by atoms with Gasteiger partial charge in [-0.3, -0.25) is 0 Å². The first-order chi connectivity index (χ1) is 28.4. The SMILES string of the molecule is CC1(C)c2ccccc2N(c2ccc(N3c4ccccc4C(C)(C)c4ccccc43)c3c(-c4ccccc4)c4ccccc4c(-c4ccccc4)c23)c2ccccc21. The van der Waals surface area contributed by atoms with E-state index in [1.165, 1.54) is 88.8 Å². The van der Waals surface area contributed by atoms with Crippen LogP contribution in [0.5, 0.6) is 0 Å². The van der Waals surface area contributed by atoms with Crippen molar-refractivity contribution in [2.24, 2.45) is 0 Å². The van der Waals surface area contributed by atoms with E-state index >= 15 is 0 Å². The third-order valence-corrected chi connectivity index (χ3v) is 13.0. The Kier molecular flexibility index (Phi) is 7.59. The lowest BCUT2D eigenvalue weighted by atomic mass is 9.73. The molecule has 0 radical (unpaired) electrons. The monoisotopic (exact) mass is 744 g/mol. The number of anilines is 6. The maximum Gasteiger partial charge on any atom is 0.0548 e. The van der Waals surface area contributed by atoms with Gasteiger partial charge in [-0.25, -0.2) is 0 Å². The van der Waals surface area contributed by atoms with Crippen molar-refractivity contribution in [2.75, 3.05) is 9.80 Å². The van der Waals surface area contributed by atoms with Crippen LogP contribution in [-0.4, -0.2) is 0 Å². The smallest absolute Gasteiger partial charge is 0.0548 e. The fourth-order valence-corrected chi connectivity index (χ4v) is 10.3. The van der Waals surface area contributed by atoms with Crippen molar-refractivity contribution in [1.29, 1.82) is 0 Å². The van der Waals surface area contributed by atoms with E-state index in [9.17, 15) is 0 Å². The van der Waals surface area contributed by atoms with Crippen molar-refractivity contribution >= 4 is 55.7 Å². The normalized spacial score (nSPS) is 14.8. The molecular weight excluding hydrogens is 701 g/mol. The molecule has 0 aromatic heterocycles. The maximum absolute atomic E-state index is 2.55. The number of hydrogen-bond donors (Lipinski definition) is 0. The second-order valence-corrected chi connectivity index (χ2v) is 16.9. The van der Waals surface area contributed by atoms with Crippen LogP contribution < -0.4 is 9.80 Å². The average molecular weight is 745 g/mol. The van der Waals surface area contributed by atoms with Gasteiger partial charge in [0.1, 0.15) is 0 Å². The minimum Gasteiger partial charge on any atom is -0.309 e. The van der Waals surface area contributed by atoms with Gasteiger partial charge in [0.15, 0.2) is 0 Å². The van der Waals surface area contributed by atoms with Crippen molar-refractivity contribution in [3.05, 3.63) is 216 Å². The molecule has 2 aliphatic rings. The molecule has 9 aromatic carbocycles. The van der Waals surface area contributed by atoms with Gasteiger partial charge >= 0.3 is 0 Å². The summed E-state index contributed by atoms with van der Waals surface area (Å²) in [7, 11) is 0. The molecule has 9 aromatic rings. The Morgan fingerprint density at radius 1 is 0.276 bits per heavy atom. The fraction of sp³-hybridized carbons (Fsp3) is 0.107. The molecule has 278 valence electrons. The van der Waals surface area contributed by atoms with Crippen LogP contribution in [-0.2, 0) is 10.8 Å². The minimum absolute atomic E-state index is 0.183. The van der Waals surface area contributed by atoms with Crippen LogP contribution in [0.1, 0.15) is 49.9 Å². The summed E-state index contributed by atoms with van der Waals surface area (Å²) >= 11 is 0. The van der Waals surface area contributed by atoms with Crippen LogP contribution in [0.15, 0.2) is 194 Å². The summed E-state index contributed by atoms with van der Waals surface area (Å²) in [6, 6.07) is 72.1. The lowest BCUT2D eigenvalue weighted by Crippen LogP contribution is -2.31. The highest BCUT2D eigenvalue weighted by molar-refractivity contribution is 6.29. The second kappa shape index (κ2) is 12.8. The van der Waals surface area contributed by atoms with E-state index in [1.807, 2.05) is 0 Å². The first-order valence-electron chi connectivity index (χ1n) is 20.5. The molecule has 0 saturated carbocycles. The minimum atomic E-state index is -0.183. The van der Waals surface area contributed by atoms with E-state index in [0.717, 1.165) is 11.4 Å². The van der Waals surface area contributed by atoms with Crippen molar-refractivity contribution in [2.45, 2.75) is 38.5 Å². The van der Waals surface area contributed by atoms with Crippen LogP contribution in [0, 0.1) is 0 Å². The predicted molar refractivity (Wildman–Crippen MR) is 246 cm³/mol. The molecule has 0 N–H and O–H groups in total. The predicted octanol–water partition coefficient (Wildman–Crippen LogP) is 15.5. The van der Waals surface area contributed by atoms with E-state index in [-0.39, 0.29) is 10.8 Å². The van der Waals surface area contributed by atoms with Gasteiger partial charge in [-0.2, -0.15) is 0 Å². The van der Waals surface area contributed by atoms with Gasteiger partial charge in [-0.1, -0.05) is 185 Å². The first kappa shape index (κ1) is 34.4. The molecule has 0 bridgehead atoms. The van der Waals surface area contributed by atoms with Crippen molar-refractivity contribution < 1.29 is 0 Å². The average Bonchev–Trinajstić information content (AvgIpc) is 3.27. The van der Waals surface area contributed by atoms with Crippen LogP contribution >= 0.6 is 0 Å². The Morgan fingerprint density at radius 3 is 0.879 bits per heavy atom. The Labute approximate surface area is 341 Å². The number of fused-ring (bicyclic) bond motifs is 6. The Balaban J connectivity index is 1.38. The van der Waals surface area contributed by atoms with E-state index in [1.54, 1.807) is 0 Å². The molecule has 2 aliphatic heterocycles. The topological polar surface area (TPSA) is 6.48 Å². The van der Waals surface area contributed by atoms with Gasteiger partial charge in [0.05, 0.1) is 34.1 Å². The van der Waals surface area contributed by atoms with Gasteiger partial charge in [0.25, 0.3) is 0 Å². The lowest BCUT2D eigenvalue weighted by molar-refractivity contribution is 0.631. The van der Waals surface area contributed by atoms with Crippen molar-refractivity contribution in [1.82, 2.24) is 0 Å². The largest absolute Gasteiger partial charge is 0.309 e. The molecule has 0 atom stereocenters. The summed E-state index contributed by atoms with van der Waals surface area (Å²) in [5.41, 5.74) is 16.9. The number of hydrogen-bond acceptors (Lipinski definition) is 2. The molecule has 0 fully saturated rings. The van der Waals surface area contributed by atoms with E-state index in [4.69, 9.17) is 0 Å². The zero-order chi connectivity index (χ0) is 39.2. The molecule has 2 nitrogen and oxygen atoms in total. The number of rotatable bonds is 4. The van der Waals surface area contributed by atoms with Crippen molar-refractivity contribution in [3.63, 3.8) is 0 Å². The summed E-state index contributed by atoms with van der Waals surface area (Å²) in [6.45, 7) is 9.47. The zero-order valence-corrected chi connectivity index (χ0v) is 33.4. The Bertz CT molecular complexity index is 2760. The van der Waals surface area contributed by atoms with Gasteiger partial charge in [0, 0.05) is 21.6 Å². The quantitative estimate of drug-likeness (QED) is 0.166. The highest BCUT2D eigenvalue weighted by atomic mass is 15.2. The highest BCUT2D eigenvalue weighted by Gasteiger charge is 2.40. The highest BCUT2D eigenvalue weighted by Crippen LogP contribution is 2.59. The van der Waals surface area contributed by atoms with Crippen LogP contribution in [0.25, 0.3) is 43.8 Å². The van der Waals surface area contributed by atoms with E-state index in [0.29, 0.717) is 0 Å². The molecule has 11 rings (SSSR count). The molecular formula is C56H44N2. The molecule has 0 unspecified atom stereocenters. The zero-order valence-electron chi connectivity index (χ0n) is 33.4. The second-order valence-electron chi connectivity index (χ2n) is 16.9. The maximum atomic E-state index is 2.55. The summed E-state index contributed by atoms with van der Waals surface area (Å²) in [5, 5.41) is 4.92. The molecule has 0 amide bonds. The lowest BCUT2D eigenvalue weighted by Gasteiger charge is -2.44. The fourth-order valence-electron chi connectivity index (χ4n) is 10.3. The number of nitrogens with zero attached hydrogens (tertiary/aromatic N) is 2.